The number of hydrogen-bond donors (Lipinski definition) is 0. The molecule has 29 heavy (non-hydrogen) atoms. The van der Waals surface area contributed by atoms with Crippen molar-refractivity contribution in [1.29, 1.82) is 10.5 Å². The van der Waals surface area contributed by atoms with Gasteiger partial charge in [0.2, 0.25) is 0 Å². The molecule has 0 aromatic heterocycles. The van der Waals surface area contributed by atoms with Crippen molar-refractivity contribution in [2.45, 2.75) is 18.9 Å². The van der Waals surface area contributed by atoms with Crippen molar-refractivity contribution in [3.8, 4) is 12.3 Å². The van der Waals surface area contributed by atoms with Crippen molar-refractivity contribution < 1.29 is 13.9 Å². The minimum atomic E-state index is -0.553. The van der Waals surface area contributed by atoms with Crippen LogP contribution in [0.2, 0.25) is 0 Å². The normalized spacial score (nSPS) is 18.7. The van der Waals surface area contributed by atoms with Crippen LogP contribution < -0.4 is 9.80 Å². The second-order valence-corrected chi connectivity index (χ2v) is 6.96. The van der Waals surface area contributed by atoms with Gasteiger partial charge in [0.15, 0.2) is 6.19 Å². The third-order valence-electron chi connectivity index (χ3n) is 5.05. The molecule has 2 aliphatic heterocycles. The van der Waals surface area contributed by atoms with Gasteiger partial charge in [0.1, 0.15) is 11.9 Å². The smallest absolute Gasteiger partial charge is 0.414 e. The highest BCUT2D eigenvalue weighted by atomic mass is 19.1. The minimum absolute atomic E-state index is 0.249. The van der Waals surface area contributed by atoms with E-state index in [1.807, 2.05) is 17.2 Å². The van der Waals surface area contributed by atoms with Crippen LogP contribution in [0.1, 0.15) is 12.8 Å². The zero-order valence-electron chi connectivity index (χ0n) is 16.1. The Bertz CT molecular complexity index is 891. The summed E-state index contributed by atoms with van der Waals surface area (Å²) in [6, 6.07) is 6.75. The maximum Gasteiger partial charge on any atom is 0.414 e. The summed E-state index contributed by atoms with van der Waals surface area (Å²) in [6.45, 7) is 5.76. The summed E-state index contributed by atoms with van der Waals surface area (Å²) in [7, 11) is 0. The summed E-state index contributed by atoms with van der Waals surface area (Å²) in [4.78, 5) is 17.0. The molecular formula is C21H22FN5O2. The number of allylic oxidation sites excluding steroid dienone is 1. The number of rotatable bonds is 6. The average molecular weight is 395 g/mol. The summed E-state index contributed by atoms with van der Waals surface area (Å²) in [5.41, 5.74) is 1.98. The van der Waals surface area contributed by atoms with Crippen LogP contribution >= 0.6 is 0 Å². The van der Waals surface area contributed by atoms with E-state index in [-0.39, 0.29) is 13.1 Å². The molecule has 0 bridgehead atoms. The Kier molecular flexibility index (Phi) is 6.36. The third kappa shape index (κ3) is 4.67. The number of piperidine rings is 1. The van der Waals surface area contributed by atoms with E-state index in [4.69, 9.17) is 15.3 Å². The number of ether oxygens (including phenoxy) is 1. The number of nitriles is 2. The highest BCUT2D eigenvalue weighted by Crippen LogP contribution is 2.30. The highest BCUT2D eigenvalue weighted by Gasteiger charge is 2.34. The molecule has 8 heteroatoms. The molecule has 1 unspecified atom stereocenters. The molecule has 0 aliphatic carbocycles. The second kappa shape index (κ2) is 9.11. The van der Waals surface area contributed by atoms with Gasteiger partial charge in [-0.3, -0.25) is 4.90 Å². The van der Waals surface area contributed by atoms with Crippen LogP contribution in [0.15, 0.2) is 42.5 Å². The Hall–Kier alpha value is -3.52. The van der Waals surface area contributed by atoms with Crippen LogP contribution in [0.3, 0.4) is 0 Å². The van der Waals surface area contributed by atoms with Gasteiger partial charge in [-0.05, 0) is 31.0 Å². The van der Waals surface area contributed by atoms with E-state index in [0.717, 1.165) is 18.4 Å². The molecule has 1 aromatic carbocycles. The summed E-state index contributed by atoms with van der Waals surface area (Å²) < 4.78 is 20.1. The van der Waals surface area contributed by atoms with E-state index in [2.05, 4.69) is 6.58 Å². The van der Waals surface area contributed by atoms with E-state index in [1.165, 1.54) is 15.9 Å². The van der Waals surface area contributed by atoms with Crippen LogP contribution in [0.5, 0.6) is 0 Å². The number of cyclic esters (lactones) is 1. The van der Waals surface area contributed by atoms with Gasteiger partial charge < -0.3 is 14.5 Å². The van der Waals surface area contributed by atoms with Crippen molar-refractivity contribution in [2.75, 3.05) is 42.5 Å². The van der Waals surface area contributed by atoms with Gasteiger partial charge >= 0.3 is 6.09 Å². The van der Waals surface area contributed by atoms with E-state index >= 15 is 0 Å². The minimum Gasteiger partial charge on any atom is -0.442 e. The monoisotopic (exact) mass is 395 g/mol. The lowest BCUT2D eigenvalue weighted by Gasteiger charge is -2.30. The van der Waals surface area contributed by atoms with Crippen LogP contribution in [0.25, 0.3) is 0 Å². The van der Waals surface area contributed by atoms with Crippen molar-refractivity contribution in [3.63, 3.8) is 0 Å². The number of amides is 1. The quantitative estimate of drug-likeness (QED) is 0.318. The number of anilines is 2. The maximum absolute atomic E-state index is 14.8. The fraction of sp³-hybridized carbons (Fsp3) is 0.381. The summed E-state index contributed by atoms with van der Waals surface area (Å²) in [5, 5.41) is 17.8. The topological polar surface area (TPSA) is 83.6 Å². The lowest BCUT2D eigenvalue weighted by atomic mass is 10.0. The molecule has 1 atom stereocenters. The highest BCUT2D eigenvalue weighted by molar-refractivity contribution is 5.90. The first kappa shape index (κ1) is 20.2. The lowest BCUT2D eigenvalue weighted by molar-refractivity contribution is 0.126. The van der Waals surface area contributed by atoms with Gasteiger partial charge in [0, 0.05) is 25.7 Å². The molecule has 2 aliphatic rings. The van der Waals surface area contributed by atoms with Crippen molar-refractivity contribution >= 4 is 17.5 Å². The van der Waals surface area contributed by atoms with E-state index in [1.54, 1.807) is 24.3 Å². The van der Waals surface area contributed by atoms with Crippen LogP contribution in [-0.2, 0) is 4.74 Å². The molecule has 0 radical (unpaired) electrons. The molecule has 1 aromatic rings. The fourth-order valence-corrected chi connectivity index (χ4v) is 3.58. The second-order valence-electron chi connectivity index (χ2n) is 6.96. The van der Waals surface area contributed by atoms with Gasteiger partial charge in [-0.25, -0.2) is 9.18 Å². The van der Waals surface area contributed by atoms with E-state index < -0.39 is 18.0 Å². The number of halogens is 1. The van der Waals surface area contributed by atoms with Crippen LogP contribution in [0, 0.1) is 28.6 Å². The first-order valence-corrected chi connectivity index (χ1v) is 9.41. The Morgan fingerprint density at radius 2 is 2.10 bits per heavy atom. The zero-order valence-corrected chi connectivity index (χ0v) is 16.1. The first-order chi connectivity index (χ1) is 14.0. The summed E-state index contributed by atoms with van der Waals surface area (Å²) >= 11 is 0. The van der Waals surface area contributed by atoms with Gasteiger partial charge in [0.25, 0.3) is 0 Å². The van der Waals surface area contributed by atoms with Crippen molar-refractivity contribution in [3.05, 3.63) is 48.3 Å². The van der Waals surface area contributed by atoms with Gasteiger partial charge in [0.05, 0.1) is 30.5 Å². The average Bonchev–Trinajstić information content (AvgIpc) is 3.08. The summed E-state index contributed by atoms with van der Waals surface area (Å²) in [5.74, 6) is -0.406. The molecule has 1 amide bonds. The molecule has 2 fully saturated rings. The Morgan fingerprint density at radius 3 is 2.72 bits per heavy atom. The number of nitrogens with zero attached hydrogens (tertiary/aromatic N) is 5. The molecular weight excluding hydrogens is 373 g/mol. The molecule has 0 saturated carbocycles. The van der Waals surface area contributed by atoms with Gasteiger partial charge in [-0.15, -0.1) is 6.58 Å². The molecule has 0 N–H and O–H groups in total. The largest absolute Gasteiger partial charge is 0.442 e. The molecule has 150 valence electrons. The number of carbonyl (C=O) groups excluding carboxylic acids is 1. The summed E-state index contributed by atoms with van der Waals surface area (Å²) in [6.07, 6.45) is 5.63. The third-order valence-corrected chi connectivity index (χ3v) is 5.05. The van der Waals surface area contributed by atoms with Crippen LogP contribution in [0.4, 0.5) is 20.6 Å². The lowest BCUT2D eigenvalue weighted by Crippen LogP contribution is -2.32. The number of carbonyl (C=O) groups is 1. The molecule has 3 rings (SSSR count). The van der Waals surface area contributed by atoms with Gasteiger partial charge in [-0.1, -0.05) is 11.6 Å². The predicted octanol–water partition coefficient (Wildman–Crippen LogP) is 3.17. The molecule has 0 spiro atoms. The Balaban J connectivity index is 1.67. The zero-order chi connectivity index (χ0) is 20.8. The van der Waals surface area contributed by atoms with E-state index in [9.17, 15) is 9.18 Å². The van der Waals surface area contributed by atoms with E-state index in [0.29, 0.717) is 31.0 Å². The predicted molar refractivity (Wildman–Crippen MR) is 107 cm³/mol. The van der Waals surface area contributed by atoms with Gasteiger partial charge in [-0.2, -0.15) is 10.5 Å². The van der Waals surface area contributed by atoms with Crippen molar-refractivity contribution in [1.82, 2.24) is 4.90 Å². The fourth-order valence-electron chi connectivity index (χ4n) is 3.58. The Labute approximate surface area is 169 Å². The first-order valence-electron chi connectivity index (χ1n) is 9.41. The molecule has 2 saturated heterocycles. The maximum atomic E-state index is 14.8. The number of hydrogen-bond acceptors (Lipinski definition) is 6. The standard InChI is InChI=1S/C21H22FN5O2/c1-2-9-25(15-24)13-18-14-27(21(28)29-18)17-3-4-20(19(22)12-17)26-10-6-16(5-8-23)7-11-26/h2-5,12,18H,1,6-7,9-11,13-14H2. The SMILES string of the molecule is C=CCN(C#N)CC1CN(c2ccc(N3CCC(=CC#N)CC3)c(F)c2)C(=O)O1. The molecule has 7 nitrogen and oxygen atoms in total. The van der Waals surface area contributed by atoms with Crippen molar-refractivity contribution in [2.24, 2.45) is 0 Å². The van der Waals surface area contributed by atoms with Crippen LogP contribution in [-0.4, -0.2) is 49.8 Å². The molecule has 2 heterocycles. The Morgan fingerprint density at radius 1 is 1.34 bits per heavy atom. The number of benzene rings is 1.